The van der Waals surface area contributed by atoms with Crippen molar-refractivity contribution in [3.8, 4) is 0 Å². The van der Waals surface area contributed by atoms with Gasteiger partial charge in [-0.2, -0.15) is 0 Å². The number of hydrogen-bond acceptors (Lipinski definition) is 6. The molecule has 0 aromatic carbocycles. The van der Waals surface area contributed by atoms with E-state index in [0.717, 1.165) is 64.2 Å². The molecule has 0 saturated heterocycles. The second-order valence-electron chi connectivity index (χ2n) is 25.0. The van der Waals surface area contributed by atoms with Crippen LogP contribution in [0, 0.1) is 0 Å². The van der Waals surface area contributed by atoms with Crippen LogP contribution in [0.3, 0.4) is 0 Å². The zero-order chi connectivity index (χ0) is 59.3. The van der Waals surface area contributed by atoms with Crippen molar-refractivity contribution in [1.82, 2.24) is 5.32 Å². The summed E-state index contributed by atoms with van der Waals surface area (Å²) in [7, 11) is 1.51. The van der Waals surface area contributed by atoms with Gasteiger partial charge in [0, 0.05) is 12.8 Å². The number of carbonyl (C=O) groups is 2. The topological polar surface area (TPSA) is 111 Å². The van der Waals surface area contributed by atoms with E-state index in [1.807, 2.05) is 33.3 Å². The Labute approximate surface area is 503 Å². The Morgan fingerprint density at radius 3 is 1.15 bits per heavy atom. The smallest absolute Gasteiger partial charge is 0.456 e. The minimum absolute atomic E-state index is 0.0409. The number of phosphoric acid groups is 1. The molecule has 476 valence electrons. The highest BCUT2D eigenvalue weighted by Crippen LogP contribution is 2.43. The fourth-order valence-corrected chi connectivity index (χ4v) is 11.1. The summed E-state index contributed by atoms with van der Waals surface area (Å²) in [5.41, 5.74) is 0. The van der Waals surface area contributed by atoms with Crippen molar-refractivity contribution >= 4 is 19.7 Å². The standard InChI is InChI=1S/C71H135N2O7P/c1-7-10-13-16-19-22-25-28-30-32-33-34-35-36-37-38-39-41-42-45-48-51-54-57-60-63-70(74)72-68(67-79-81(76,77)78-66-65-73(4,5)6)69(62-59-56-53-50-47-44-27-24-21-18-15-12-9-3)80-71(75)64-61-58-55-52-49-46-43-40-31-29-26-23-20-17-14-11-8-2/h19,22,28-31,59,62,68-69H,7-18,20-21,23-27,32-58,60-61,63-67H2,1-6H3,(H-,72,74,76,77)/p+1/b22-19-,30-28-,31-29+,62-59-. The Kier molecular flexibility index (Phi) is 59.5. The maximum absolute atomic E-state index is 13.6. The number of quaternary nitrogens is 1. The van der Waals surface area contributed by atoms with Crippen LogP contribution in [-0.4, -0.2) is 74.3 Å². The molecule has 81 heavy (non-hydrogen) atoms. The molecule has 3 atom stereocenters. The molecule has 0 aliphatic rings. The van der Waals surface area contributed by atoms with Crippen LogP contribution >= 0.6 is 7.82 Å². The molecule has 0 aliphatic heterocycles. The molecule has 0 fully saturated rings. The molecular formula is C71H136N2O7P+. The van der Waals surface area contributed by atoms with Gasteiger partial charge in [-0.15, -0.1) is 0 Å². The highest BCUT2D eigenvalue weighted by Gasteiger charge is 2.30. The lowest BCUT2D eigenvalue weighted by Gasteiger charge is -2.27. The number of likely N-dealkylation sites (N-methyl/N-ethyl adjacent to an activating group) is 1. The minimum atomic E-state index is -4.45. The lowest BCUT2D eigenvalue weighted by Crippen LogP contribution is -2.47. The van der Waals surface area contributed by atoms with Gasteiger partial charge in [-0.05, 0) is 89.5 Å². The Bertz CT molecular complexity index is 1520. The van der Waals surface area contributed by atoms with E-state index in [0.29, 0.717) is 17.4 Å². The van der Waals surface area contributed by atoms with E-state index in [1.165, 1.54) is 244 Å². The molecule has 2 N–H and O–H groups in total. The van der Waals surface area contributed by atoms with Crippen LogP contribution in [0.15, 0.2) is 48.6 Å². The molecule has 0 heterocycles. The van der Waals surface area contributed by atoms with Gasteiger partial charge >= 0.3 is 13.8 Å². The van der Waals surface area contributed by atoms with Crippen LogP contribution < -0.4 is 5.32 Å². The molecule has 3 unspecified atom stereocenters. The van der Waals surface area contributed by atoms with E-state index in [9.17, 15) is 19.0 Å². The Balaban J connectivity index is 5.08. The van der Waals surface area contributed by atoms with E-state index >= 15 is 0 Å². The first-order valence-corrected chi connectivity index (χ1v) is 36.5. The summed E-state index contributed by atoms with van der Waals surface area (Å²) in [6.07, 6.45) is 76.9. The molecule has 10 heteroatoms. The van der Waals surface area contributed by atoms with Gasteiger partial charge in [-0.3, -0.25) is 18.6 Å². The predicted octanol–water partition coefficient (Wildman–Crippen LogP) is 22.0. The number of carbonyl (C=O) groups excluding carboxylic acids is 2. The van der Waals surface area contributed by atoms with Crippen LogP contribution in [0.2, 0.25) is 0 Å². The molecule has 0 radical (unpaired) electrons. The second kappa shape index (κ2) is 61.1. The number of esters is 1. The third-order valence-corrected chi connectivity index (χ3v) is 16.7. The zero-order valence-electron chi connectivity index (χ0n) is 54.5. The summed E-state index contributed by atoms with van der Waals surface area (Å²) in [5.74, 6) is -0.495. The normalized spacial score (nSPS) is 13.8. The van der Waals surface area contributed by atoms with Crippen LogP contribution in [-0.2, 0) is 27.9 Å². The molecule has 9 nitrogen and oxygen atoms in total. The Hall–Kier alpha value is -2.03. The molecular weight excluding hydrogens is 1020 g/mol. The number of hydrogen-bond donors (Lipinski definition) is 2. The molecule has 0 aliphatic carbocycles. The quantitative estimate of drug-likeness (QED) is 0.0205. The number of phosphoric ester groups is 1. The second-order valence-corrected chi connectivity index (χ2v) is 26.5. The number of rotatable bonds is 64. The van der Waals surface area contributed by atoms with Crippen molar-refractivity contribution in [3.63, 3.8) is 0 Å². The van der Waals surface area contributed by atoms with E-state index in [-0.39, 0.29) is 31.5 Å². The van der Waals surface area contributed by atoms with Crippen molar-refractivity contribution in [1.29, 1.82) is 0 Å². The monoisotopic (exact) mass is 1160 g/mol. The van der Waals surface area contributed by atoms with Crippen molar-refractivity contribution < 1.29 is 37.3 Å². The third-order valence-electron chi connectivity index (χ3n) is 15.7. The van der Waals surface area contributed by atoms with Crippen LogP contribution in [0.1, 0.15) is 342 Å². The fraction of sp³-hybridized carbons (Fsp3) is 0.859. The fourth-order valence-electron chi connectivity index (χ4n) is 10.3. The predicted molar refractivity (Wildman–Crippen MR) is 351 cm³/mol. The Morgan fingerprint density at radius 1 is 0.432 bits per heavy atom. The van der Waals surface area contributed by atoms with Crippen LogP contribution in [0.5, 0.6) is 0 Å². The Morgan fingerprint density at radius 2 is 0.753 bits per heavy atom. The number of nitrogens with one attached hydrogen (secondary N) is 1. The van der Waals surface area contributed by atoms with Crippen LogP contribution in [0.25, 0.3) is 0 Å². The van der Waals surface area contributed by atoms with Gasteiger partial charge in [0.15, 0.2) is 0 Å². The summed E-state index contributed by atoms with van der Waals surface area (Å²) in [5, 5.41) is 3.07. The first-order chi connectivity index (χ1) is 39.4. The van der Waals surface area contributed by atoms with Gasteiger partial charge in [-0.25, -0.2) is 4.57 Å². The van der Waals surface area contributed by atoms with E-state index in [2.05, 4.69) is 62.5 Å². The number of unbranched alkanes of at least 4 members (excludes halogenated alkanes) is 42. The first kappa shape index (κ1) is 79.0. The largest absolute Gasteiger partial charge is 0.472 e. The van der Waals surface area contributed by atoms with Crippen molar-refractivity contribution in [2.75, 3.05) is 40.9 Å². The lowest BCUT2D eigenvalue weighted by molar-refractivity contribution is -0.870. The van der Waals surface area contributed by atoms with Crippen LogP contribution in [0.4, 0.5) is 0 Å². The summed E-state index contributed by atoms with van der Waals surface area (Å²) >= 11 is 0. The van der Waals surface area contributed by atoms with E-state index < -0.39 is 20.0 Å². The molecule has 0 aromatic heterocycles. The molecule has 1 amide bonds. The molecule has 0 spiro atoms. The SMILES string of the molecule is CCCCC/C=C\C/C=C\CCCCCCCCCCCCCCCCCC(=O)NC(COP(=O)(O)OCC[N+](C)(C)C)C(/C=C\CCCCCCCCCCCCC)OC(=O)CCCCCCCCC/C=C/CCCCCCCC. The van der Waals surface area contributed by atoms with Gasteiger partial charge in [0.1, 0.15) is 19.3 Å². The number of nitrogens with zero attached hydrogens (tertiary/aromatic N) is 1. The molecule has 0 saturated carbocycles. The van der Waals surface area contributed by atoms with Gasteiger partial charge in [0.25, 0.3) is 0 Å². The van der Waals surface area contributed by atoms with E-state index in [4.69, 9.17) is 13.8 Å². The maximum Gasteiger partial charge on any atom is 0.472 e. The summed E-state index contributed by atoms with van der Waals surface area (Å²) in [4.78, 5) is 37.9. The van der Waals surface area contributed by atoms with Gasteiger partial charge in [0.05, 0.1) is 33.8 Å². The van der Waals surface area contributed by atoms with Crippen molar-refractivity contribution in [2.45, 2.75) is 354 Å². The van der Waals surface area contributed by atoms with E-state index in [1.54, 1.807) is 0 Å². The van der Waals surface area contributed by atoms with Gasteiger partial charge in [0.2, 0.25) is 5.91 Å². The number of amides is 1. The first-order valence-electron chi connectivity index (χ1n) is 35.0. The van der Waals surface area contributed by atoms with Gasteiger partial charge in [-0.1, -0.05) is 288 Å². The average molecular weight is 1160 g/mol. The summed E-state index contributed by atoms with van der Waals surface area (Å²) in [6, 6.07) is -0.849. The highest BCUT2D eigenvalue weighted by molar-refractivity contribution is 7.47. The number of allylic oxidation sites excluding steroid dienone is 7. The minimum Gasteiger partial charge on any atom is -0.456 e. The summed E-state index contributed by atoms with van der Waals surface area (Å²) < 4.78 is 30.8. The average Bonchev–Trinajstić information content (AvgIpc) is 3.44. The number of ether oxygens (including phenoxy) is 1. The van der Waals surface area contributed by atoms with Crippen molar-refractivity contribution in [2.24, 2.45) is 0 Å². The lowest BCUT2D eigenvalue weighted by atomic mass is 10.0. The molecule has 0 rings (SSSR count). The maximum atomic E-state index is 13.6. The molecule has 0 bridgehead atoms. The summed E-state index contributed by atoms with van der Waals surface area (Å²) in [6.45, 7) is 7.03. The zero-order valence-corrected chi connectivity index (χ0v) is 55.4. The molecule has 0 aromatic rings. The van der Waals surface area contributed by atoms with Gasteiger partial charge < -0.3 is 19.4 Å². The highest BCUT2D eigenvalue weighted by atomic mass is 31.2. The van der Waals surface area contributed by atoms with Crippen molar-refractivity contribution in [3.05, 3.63) is 48.6 Å². The third kappa shape index (κ3) is 62.3.